The molecule has 9 aromatic carbocycles. The van der Waals surface area contributed by atoms with Gasteiger partial charge >= 0.3 is 0 Å². The van der Waals surface area contributed by atoms with E-state index < -0.39 is 0 Å². The van der Waals surface area contributed by atoms with E-state index in [-0.39, 0.29) is 0 Å². The molecule has 0 saturated heterocycles. The van der Waals surface area contributed by atoms with Gasteiger partial charge in [-0.05, 0) is 76.0 Å². The molecule has 53 heavy (non-hydrogen) atoms. The SMILES string of the molecule is c1ccc(-n2c3ccccc3c3c(-c4ccc5c(c4)Oc4cc6c(c7cccc-5c47)c4ccccc4n6-c4cccc5ccccc45)cccc32)cc1. The van der Waals surface area contributed by atoms with Crippen LogP contribution in [0.4, 0.5) is 0 Å². The molecular weight excluding hydrogens is 645 g/mol. The molecule has 3 heterocycles. The number of benzene rings is 9. The summed E-state index contributed by atoms with van der Waals surface area (Å²) >= 11 is 0. The number of nitrogens with zero attached hydrogens (tertiary/aromatic N) is 2. The Bertz CT molecular complexity index is 3310. The second kappa shape index (κ2) is 10.7. The predicted octanol–water partition coefficient (Wildman–Crippen LogP) is 13.6. The van der Waals surface area contributed by atoms with E-state index in [1.54, 1.807) is 0 Å². The summed E-state index contributed by atoms with van der Waals surface area (Å²) in [7, 11) is 0. The minimum Gasteiger partial charge on any atom is -0.456 e. The molecule has 1 aliphatic heterocycles. The van der Waals surface area contributed by atoms with Crippen LogP contribution >= 0.6 is 0 Å². The van der Waals surface area contributed by atoms with Crippen LogP contribution in [0.1, 0.15) is 0 Å². The van der Waals surface area contributed by atoms with E-state index in [1.165, 1.54) is 71.1 Å². The Balaban J connectivity index is 1.10. The van der Waals surface area contributed by atoms with Crippen LogP contribution in [-0.2, 0) is 0 Å². The Labute approximate surface area is 305 Å². The highest BCUT2D eigenvalue weighted by atomic mass is 16.5. The number of fused-ring (bicyclic) bond motifs is 10. The number of hydrogen-bond acceptors (Lipinski definition) is 1. The van der Waals surface area contributed by atoms with Crippen LogP contribution in [0, 0.1) is 0 Å². The molecule has 12 rings (SSSR count). The topological polar surface area (TPSA) is 19.1 Å². The molecule has 0 aliphatic carbocycles. The summed E-state index contributed by atoms with van der Waals surface area (Å²) in [6, 6.07) is 65.8. The molecule has 0 bridgehead atoms. The van der Waals surface area contributed by atoms with Crippen molar-refractivity contribution >= 4 is 65.2 Å². The highest BCUT2D eigenvalue weighted by molar-refractivity contribution is 6.26. The zero-order valence-electron chi connectivity index (χ0n) is 28.6. The molecule has 2 aromatic heterocycles. The molecule has 1 aliphatic rings. The third kappa shape index (κ3) is 3.94. The first kappa shape index (κ1) is 28.6. The molecule has 0 atom stereocenters. The van der Waals surface area contributed by atoms with E-state index in [2.05, 4.69) is 191 Å². The lowest BCUT2D eigenvalue weighted by Crippen LogP contribution is -1.99. The van der Waals surface area contributed by atoms with Gasteiger partial charge in [-0.15, -0.1) is 0 Å². The Kier molecular flexibility index (Phi) is 5.77. The van der Waals surface area contributed by atoms with Crippen molar-refractivity contribution in [2.45, 2.75) is 0 Å². The lowest BCUT2D eigenvalue weighted by Gasteiger charge is -2.23. The Morgan fingerprint density at radius 2 is 0.981 bits per heavy atom. The van der Waals surface area contributed by atoms with E-state index in [0.717, 1.165) is 39.2 Å². The summed E-state index contributed by atoms with van der Waals surface area (Å²) in [5.74, 6) is 1.76. The molecule has 0 N–H and O–H groups in total. The second-order valence-corrected chi connectivity index (χ2v) is 14.0. The second-order valence-electron chi connectivity index (χ2n) is 14.0. The van der Waals surface area contributed by atoms with E-state index in [1.807, 2.05) is 0 Å². The van der Waals surface area contributed by atoms with Gasteiger partial charge < -0.3 is 13.9 Å². The van der Waals surface area contributed by atoms with Crippen molar-refractivity contribution in [2.24, 2.45) is 0 Å². The number of hydrogen-bond donors (Lipinski definition) is 0. The van der Waals surface area contributed by atoms with Crippen LogP contribution in [0.2, 0.25) is 0 Å². The maximum absolute atomic E-state index is 7.05. The fourth-order valence-electron chi connectivity index (χ4n) is 9.10. The average Bonchev–Trinajstić information content (AvgIpc) is 3.74. The van der Waals surface area contributed by atoms with E-state index in [9.17, 15) is 0 Å². The number of aromatic nitrogens is 2. The van der Waals surface area contributed by atoms with Crippen LogP contribution in [-0.4, -0.2) is 9.13 Å². The summed E-state index contributed by atoms with van der Waals surface area (Å²) in [5.41, 5.74) is 11.7. The molecule has 0 saturated carbocycles. The predicted molar refractivity (Wildman–Crippen MR) is 221 cm³/mol. The summed E-state index contributed by atoms with van der Waals surface area (Å²) in [6.07, 6.45) is 0. The monoisotopic (exact) mass is 674 g/mol. The largest absolute Gasteiger partial charge is 0.456 e. The molecule has 3 heteroatoms. The van der Waals surface area contributed by atoms with Crippen LogP contribution in [0.3, 0.4) is 0 Å². The van der Waals surface area contributed by atoms with E-state index >= 15 is 0 Å². The lowest BCUT2D eigenvalue weighted by molar-refractivity contribution is 0.488. The number of para-hydroxylation sites is 3. The third-order valence-electron chi connectivity index (χ3n) is 11.3. The lowest BCUT2D eigenvalue weighted by atomic mass is 9.90. The molecule has 246 valence electrons. The van der Waals surface area contributed by atoms with Gasteiger partial charge in [-0.3, -0.25) is 0 Å². The summed E-state index contributed by atoms with van der Waals surface area (Å²) in [6.45, 7) is 0. The molecule has 0 fully saturated rings. The maximum atomic E-state index is 7.05. The summed E-state index contributed by atoms with van der Waals surface area (Å²) < 4.78 is 11.8. The molecule has 11 aromatic rings. The van der Waals surface area contributed by atoms with Gasteiger partial charge in [0.2, 0.25) is 0 Å². The highest BCUT2D eigenvalue weighted by Crippen LogP contribution is 2.52. The van der Waals surface area contributed by atoms with Crippen LogP contribution in [0.5, 0.6) is 11.5 Å². The quantitative estimate of drug-likeness (QED) is 0.183. The summed E-state index contributed by atoms with van der Waals surface area (Å²) in [5, 5.41) is 9.78. The number of ether oxygens (including phenoxy) is 1. The van der Waals surface area contributed by atoms with Crippen molar-refractivity contribution in [2.75, 3.05) is 0 Å². The van der Waals surface area contributed by atoms with Crippen LogP contribution < -0.4 is 4.74 Å². The van der Waals surface area contributed by atoms with Crippen LogP contribution in [0.15, 0.2) is 182 Å². The van der Waals surface area contributed by atoms with Gasteiger partial charge in [-0.2, -0.15) is 0 Å². The fraction of sp³-hybridized carbons (Fsp3) is 0. The van der Waals surface area contributed by atoms with Crippen molar-refractivity contribution in [3.05, 3.63) is 182 Å². The van der Waals surface area contributed by atoms with Crippen LogP contribution in [0.25, 0.3) is 98.8 Å². The standard InChI is InChI=1S/C50H30N2O/c1-2-15-33(16-3-1)51-42-23-8-6-18-38(42)48-35(20-12-26-44(48)51)32-27-28-36-37-21-11-22-40-49-39-19-7-9-24-43(39)52(41-25-10-14-31-13-4-5-17-34(31)41)45(49)30-47(50(37)40)53-46(36)29-32/h1-30H. The maximum Gasteiger partial charge on any atom is 0.138 e. The van der Waals surface area contributed by atoms with Crippen molar-refractivity contribution in [1.29, 1.82) is 0 Å². The smallest absolute Gasteiger partial charge is 0.138 e. The van der Waals surface area contributed by atoms with Gasteiger partial charge in [0.25, 0.3) is 0 Å². The highest BCUT2D eigenvalue weighted by Gasteiger charge is 2.26. The van der Waals surface area contributed by atoms with E-state index in [0.29, 0.717) is 0 Å². The first-order chi connectivity index (χ1) is 26.3. The third-order valence-corrected chi connectivity index (χ3v) is 11.3. The van der Waals surface area contributed by atoms with E-state index in [4.69, 9.17) is 4.74 Å². The van der Waals surface area contributed by atoms with Gasteiger partial charge in [0.15, 0.2) is 0 Å². The minimum absolute atomic E-state index is 0.874. The summed E-state index contributed by atoms with van der Waals surface area (Å²) in [4.78, 5) is 0. The number of rotatable bonds is 3. The Hall–Kier alpha value is -7.10. The molecule has 0 radical (unpaired) electrons. The van der Waals surface area contributed by atoms with Gasteiger partial charge in [-0.25, -0.2) is 0 Å². The van der Waals surface area contributed by atoms with Crippen molar-refractivity contribution < 1.29 is 4.74 Å². The first-order valence-electron chi connectivity index (χ1n) is 18.2. The van der Waals surface area contributed by atoms with Crippen molar-refractivity contribution in [1.82, 2.24) is 9.13 Å². The van der Waals surface area contributed by atoms with Gasteiger partial charge in [-0.1, -0.05) is 127 Å². The molecule has 0 unspecified atom stereocenters. The van der Waals surface area contributed by atoms with Crippen molar-refractivity contribution in [3.8, 4) is 45.1 Å². The molecule has 3 nitrogen and oxygen atoms in total. The molecule has 0 amide bonds. The zero-order valence-corrected chi connectivity index (χ0v) is 28.6. The first-order valence-corrected chi connectivity index (χ1v) is 18.2. The Morgan fingerprint density at radius 3 is 1.85 bits per heavy atom. The normalized spacial score (nSPS) is 12.3. The van der Waals surface area contributed by atoms with Gasteiger partial charge in [0.1, 0.15) is 11.5 Å². The zero-order chi connectivity index (χ0) is 34.6. The minimum atomic E-state index is 0.874. The Morgan fingerprint density at radius 1 is 0.340 bits per heavy atom. The van der Waals surface area contributed by atoms with Gasteiger partial charge in [0.05, 0.1) is 27.8 Å². The fourth-order valence-corrected chi connectivity index (χ4v) is 9.10. The van der Waals surface area contributed by atoms with Gasteiger partial charge in [0, 0.05) is 49.6 Å². The molecular formula is C50H30N2O. The average molecular weight is 675 g/mol. The van der Waals surface area contributed by atoms with Crippen molar-refractivity contribution in [3.63, 3.8) is 0 Å². The molecule has 0 spiro atoms.